The van der Waals surface area contributed by atoms with E-state index in [9.17, 15) is 10.5 Å². The Morgan fingerprint density at radius 1 is 0.394 bits per heavy atom. The fraction of sp³-hybridized carbons (Fsp3) is 0.121. The van der Waals surface area contributed by atoms with Gasteiger partial charge >= 0.3 is 0 Å². The molecule has 0 unspecified atom stereocenters. The van der Waals surface area contributed by atoms with Crippen LogP contribution in [0.3, 0.4) is 0 Å². The first kappa shape index (κ1) is 41.9. The highest BCUT2D eigenvalue weighted by Crippen LogP contribution is 2.57. The Morgan fingerprint density at radius 2 is 0.873 bits per heavy atom. The summed E-state index contributed by atoms with van der Waals surface area (Å²) >= 11 is 0. The maximum atomic E-state index is 10.1. The molecule has 1 aromatic heterocycles. The van der Waals surface area contributed by atoms with Crippen molar-refractivity contribution in [2.45, 2.75) is 52.4 Å². The first-order valence-electron chi connectivity index (χ1n) is 24.0. The maximum Gasteiger partial charge on any atom is 0.196 e. The second-order valence-electron chi connectivity index (χ2n) is 21.2. The summed E-state index contributed by atoms with van der Waals surface area (Å²) in [5.74, 6) is 0. The number of hydrogen-bond donors (Lipinski definition) is 0. The predicted molar refractivity (Wildman–Crippen MR) is 296 cm³/mol. The standard InChI is InChI=1S/C66H43N5/c1-65(2,3)38-21-26-56-49(31-38)50-32-39(66(4,5)6)22-27-57(50)71(56)55-28-25-48-59-45(55)16-12-18-47(59)63-60(43-23-19-36(34-67)29-53(43)69-7)52-33-51-41-14-10-9-13-40(41)42-15-11-17-46(58(42)51)61(52)62(64(48)63)44-24-20-37(35-68)30-54(44)70-8/h9-33H,1-6H3. The van der Waals surface area contributed by atoms with Crippen LogP contribution in [0.1, 0.15) is 63.8 Å². The Hall–Kier alpha value is -9.26. The summed E-state index contributed by atoms with van der Waals surface area (Å²) in [7, 11) is 0. The van der Waals surface area contributed by atoms with E-state index >= 15 is 0 Å². The Balaban J connectivity index is 1.28. The average molecular weight is 906 g/mol. The van der Waals surface area contributed by atoms with Crippen LogP contribution in [0.25, 0.3) is 135 Å². The van der Waals surface area contributed by atoms with Gasteiger partial charge in [0.15, 0.2) is 11.4 Å². The van der Waals surface area contributed by atoms with Crippen LogP contribution in [0.5, 0.6) is 0 Å². The van der Waals surface area contributed by atoms with Gasteiger partial charge in [0.2, 0.25) is 0 Å². The molecule has 0 bridgehead atoms. The summed E-state index contributed by atoms with van der Waals surface area (Å²) in [5, 5.41) is 37.6. The molecule has 0 radical (unpaired) electrons. The Labute approximate surface area is 410 Å². The second kappa shape index (κ2) is 14.6. The van der Waals surface area contributed by atoms with Crippen LogP contribution in [-0.4, -0.2) is 4.57 Å². The molecule has 0 N–H and O–H groups in total. The van der Waals surface area contributed by atoms with Crippen molar-refractivity contribution < 1.29 is 0 Å². The van der Waals surface area contributed by atoms with E-state index in [4.69, 9.17) is 13.1 Å². The highest BCUT2D eigenvalue weighted by atomic mass is 15.0. The first-order valence-corrected chi connectivity index (χ1v) is 24.0. The zero-order valence-corrected chi connectivity index (χ0v) is 40.2. The van der Waals surface area contributed by atoms with Gasteiger partial charge in [-0.1, -0.05) is 133 Å². The number of nitriles is 2. The summed E-state index contributed by atoms with van der Waals surface area (Å²) in [6.45, 7) is 30.9. The van der Waals surface area contributed by atoms with Gasteiger partial charge in [0.1, 0.15) is 0 Å². The van der Waals surface area contributed by atoms with Crippen LogP contribution < -0.4 is 0 Å². The Bertz CT molecular complexity index is 4620. The number of nitrogens with zero attached hydrogens (tertiary/aromatic N) is 5. The molecule has 1 heterocycles. The molecule has 0 spiro atoms. The van der Waals surface area contributed by atoms with Crippen LogP contribution in [-0.2, 0) is 10.8 Å². The summed E-state index contributed by atoms with van der Waals surface area (Å²) in [6, 6.07) is 58.0. The van der Waals surface area contributed by atoms with E-state index in [2.05, 4.69) is 183 Å². The molecule has 0 saturated heterocycles. The second-order valence-corrected chi connectivity index (χ2v) is 21.2. The van der Waals surface area contributed by atoms with E-state index < -0.39 is 0 Å². The molecule has 0 aliphatic carbocycles. The van der Waals surface area contributed by atoms with Gasteiger partial charge in [-0.3, -0.25) is 0 Å². The predicted octanol–water partition coefficient (Wildman–Crippen LogP) is 18.5. The van der Waals surface area contributed by atoms with Crippen molar-refractivity contribution in [2.24, 2.45) is 0 Å². The summed E-state index contributed by atoms with van der Waals surface area (Å²) in [6.07, 6.45) is 0. The van der Waals surface area contributed by atoms with Crippen molar-refractivity contribution in [3.8, 4) is 40.1 Å². The van der Waals surface area contributed by atoms with Gasteiger partial charge in [-0.2, -0.15) is 10.5 Å². The summed E-state index contributed by atoms with van der Waals surface area (Å²) in [5.41, 5.74) is 10.7. The molecule has 71 heavy (non-hydrogen) atoms. The maximum absolute atomic E-state index is 10.1. The zero-order valence-electron chi connectivity index (χ0n) is 40.2. The molecule has 0 atom stereocenters. The Morgan fingerprint density at radius 3 is 1.44 bits per heavy atom. The fourth-order valence-electron chi connectivity index (χ4n) is 12.0. The number of benzene rings is 10. The van der Waals surface area contributed by atoms with Crippen molar-refractivity contribution in [3.05, 3.63) is 197 Å². The van der Waals surface area contributed by atoms with E-state index in [0.29, 0.717) is 22.5 Å². The molecule has 12 aromatic carbocycles. The van der Waals surface area contributed by atoms with Gasteiger partial charge in [-0.15, -0.1) is 0 Å². The monoisotopic (exact) mass is 905 g/mol. The fourth-order valence-corrected chi connectivity index (χ4v) is 12.0. The van der Waals surface area contributed by atoms with E-state index in [1.165, 1.54) is 21.9 Å². The summed E-state index contributed by atoms with van der Waals surface area (Å²) < 4.78 is 2.44. The molecule has 5 nitrogen and oxygen atoms in total. The number of rotatable bonds is 3. The smallest absolute Gasteiger partial charge is 0.196 e. The van der Waals surface area contributed by atoms with Crippen LogP contribution in [0.15, 0.2) is 152 Å². The quantitative estimate of drug-likeness (QED) is 0.131. The molecular formula is C66H43N5. The lowest BCUT2D eigenvalue weighted by molar-refractivity contribution is 0.590. The largest absolute Gasteiger partial charge is 0.309 e. The first-order chi connectivity index (χ1) is 34.3. The van der Waals surface area contributed by atoms with Gasteiger partial charge in [0.05, 0.1) is 42.0 Å². The lowest BCUT2D eigenvalue weighted by atomic mass is 9.83. The molecule has 0 aliphatic heterocycles. The molecule has 0 fully saturated rings. The third-order valence-electron chi connectivity index (χ3n) is 15.3. The highest BCUT2D eigenvalue weighted by molar-refractivity contribution is 6.45. The van der Waals surface area contributed by atoms with Crippen molar-refractivity contribution in [1.82, 2.24) is 4.57 Å². The molecule has 5 heteroatoms. The van der Waals surface area contributed by atoms with E-state index in [0.717, 1.165) is 114 Å². The lowest BCUT2D eigenvalue weighted by Crippen LogP contribution is -2.10. The molecule has 13 rings (SSSR count). The number of hydrogen-bond acceptors (Lipinski definition) is 2. The molecular weight excluding hydrogens is 863 g/mol. The Kier molecular flexibility index (Phi) is 8.63. The third-order valence-corrected chi connectivity index (χ3v) is 15.3. The minimum absolute atomic E-state index is 0.0449. The van der Waals surface area contributed by atoms with Gasteiger partial charge in [-0.05, 0) is 175 Å². The van der Waals surface area contributed by atoms with Crippen molar-refractivity contribution in [1.29, 1.82) is 10.5 Å². The summed E-state index contributed by atoms with van der Waals surface area (Å²) in [4.78, 5) is 8.28. The van der Waals surface area contributed by atoms with Crippen LogP contribution >= 0.6 is 0 Å². The van der Waals surface area contributed by atoms with E-state index in [-0.39, 0.29) is 10.8 Å². The number of aromatic nitrogens is 1. The molecule has 0 aliphatic rings. The molecule has 13 aromatic rings. The van der Waals surface area contributed by atoms with Gasteiger partial charge in [-0.25, -0.2) is 9.69 Å². The average Bonchev–Trinajstić information content (AvgIpc) is 4.01. The zero-order chi connectivity index (χ0) is 48.8. The van der Waals surface area contributed by atoms with Crippen molar-refractivity contribution in [2.75, 3.05) is 0 Å². The van der Waals surface area contributed by atoms with E-state index in [1.54, 1.807) is 12.1 Å². The normalized spacial score (nSPS) is 12.3. The topological polar surface area (TPSA) is 61.2 Å². The molecule has 0 amide bonds. The SMILES string of the molecule is [C-]#[N+]c1cc(C#N)ccc1-c1c2cc3c4ccccc4c4cccc(c2c(-c2ccc(C#N)cc2[N+]#[C-])c2c5ccc(-n6c7ccc(C(C)(C)C)cc7c7cc(C(C)(C)C)ccc76)c6cccc(c12)c65)c43. The van der Waals surface area contributed by atoms with Crippen LogP contribution in [0.2, 0.25) is 0 Å². The van der Waals surface area contributed by atoms with Crippen molar-refractivity contribution in [3.63, 3.8) is 0 Å². The minimum atomic E-state index is -0.0449. The van der Waals surface area contributed by atoms with Crippen LogP contribution in [0.4, 0.5) is 11.4 Å². The lowest BCUT2D eigenvalue weighted by Gasteiger charge is -2.20. The van der Waals surface area contributed by atoms with Crippen LogP contribution in [0, 0.1) is 35.8 Å². The minimum Gasteiger partial charge on any atom is -0.309 e. The third kappa shape index (κ3) is 5.76. The molecule has 0 saturated carbocycles. The van der Waals surface area contributed by atoms with Gasteiger partial charge in [0.25, 0.3) is 0 Å². The van der Waals surface area contributed by atoms with Gasteiger partial charge in [0, 0.05) is 27.3 Å². The van der Waals surface area contributed by atoms with E-state index in [1.807, 2.05) is 24.3 Å². The van der Waals surface area contributed by atoms with Gasteiger partial charge < -0.3 is 4.57 Å². The number of fused-ring (bicyclic) bond motifs is 11. The molecule has 332 valence electrons. The van der Waals surface area contributed by atoms with Crippen molar-refractivity contribution >= 4 is 109 Å². The highest BCUT2D eigenvalue weighted by Gasteiger charge is 2.30.